The summed E-state index contributed by atoms with van der Waals surface area (Å²) in [5.41, 5.74) is 0. The van der Waals surface area contributed by atoms with Crippen molar-refractivity contribution in [1.29, 1.82) is 0 Å². The van der Waals surface area contributed by atoms with Crippen LogP contribution in [0.4, 0.5) is 4.39 Å². The molecule has 0 radical (unpaired) electrons. The van der Waals surface area contributed by atoms with Crippen molar-refractivity contribution in [2.75, 3.05) is 0 Å². The Labute approximate surface area is 56.0 Å². The van der Waals surface area contributed by atoms with Crippen LogP contribution in [0.25, 0.3) is 0 Å². The van der Waals surface area contributed by atoms with Crippen molar-refractivity contribution in [3.8, 4) is 0 Å². The molecule has 0 aromatic carbocycles. The minimum Gasteiger partial charge on any atom is -0.303 e. The monoisotopic (exact) mass is 172 g/mol. The van der Waals surface area contributed by atoms with Crippen LogP contribution in [0.5, 0.6) is 0 Å². The van der Waals surface area contributed by atoms with E-state index in [1.54, 1.807) is 0 Å². The molecule has 10 heavy (non-hydrogen) atoms. The average Bonchev–Trinajstić information content (AvgIpc) is 1.60. The third-order valence-electron chi connectivity index (χ3n) is 0.549. The van der Waals surface area contributed by atoms with Gasteiger partial charge in [-0.05, 0) is 0 Å². The van der Waals surface area contributed by atoms with Crippen LogP contribution >= 0.6 is 7.82 Å². The standard InChI is InChI=1S/C3H6FO5P/c1-2(5)3(4)9-10(6,7)8/h3H,1H3,(H2,6,7,8). The number of halogens is 1. The van der Waals surface area contributed by atoms with Crippen molar-refractivity contribution in [2.24, 2.45) is 0 Å². The highest BCUT2D eigenvalue weighted by molar-refractivity contribution is 7.46. The Kier molecular flexibility index (Phi) is 3.11. The number of phosphoric ester groups is 1. The number of alkyl halides is 1. The van der Waals surface area contributed by atoms with Crippen LogP contribution in [-0.2, 0) is 13.9 Å². The van der Waals surface area contributed by atoms with Crippen molar-refractivity contribution in [2.45, 2.75) is 13.3 Å². The van der Waals surface area contributed by atoms with Gasteiger partial charge in [-0.2, -0.15) is 0 Å². The first-order chi connectivity index (χ1) is 4.33. The van der Waals surface area contributed by atoms with Crippen molar-refractivity contribution in [3.05, 3.63) is 0 Å². The molecule has 0 bridgehead atoms. The highest BCUT2D eigenvalue weighted by Gasteiger charge is 2.24. The largest absolute Gasteiger partial charge is 0.472 e. The average molecular weight is 172 g/mol. The molecule has 1 unspecified atom stereocenters. The summed E-state index contributed by atoms with van der Waals surface area (Å²) in [5.74, 6) is -1.08. The highest BCUT2D eigenvalue weighted by atomic mass is 31.2. The van der Waals surface area contributed by atoms with E-state index in [2.05, 4.69) is 4.52 Å². The van der Waals surface area contributed by atoms with Gasteiger partial charge in [-0.1, -0.05) is 0 Å². The van der Waals surface area contributed by atoms with E-state index in [0.29, 0.717) is 0 Å². The summed E-state index contributed by atoms with van der Waals surface area (Å²) >= 11 is 0. The number of Topliss-reactive ketones (excluding diaryl/α,β-unsaturated/α-hetero) is 1. The second-order valence-electron chi connectivity index (χ2n) is 1.52. The molecular formula is C3H6FO5P. The summed E-state index contributed by atoms with van der Waals surface area (Å²) in [6, 6.07) is 0. The van der Waals surface area contributed by atoms with Crippen LogP contribution in [0, 0.1) is 0 Å². The van der Waals surface area contributed by atoms with Crippen LogP contribution in [0.15, 0.2) is 0 Å². The van der Waals surface area contributed by atoms with Gasteiger partial charge in [0.1, 0.15) is 0 Å². The molecule has 0 spiro atoms. The first-order valence-corrected chi connectivity index (χ1v) is 3.74. The van der Waals surface area contributed by atoms with Gasteiger partial charge < -0.3 is 9.79 Å². The van der Waals surface area contributed by atoms with Crippen LogP contribution in [-0.4, -0.2) is 21.9 Å². The molecule has 1 atom stereocenters. The number of carbonyl (C=O) groups excluding carboxylic acids is 1. The third-order valence-corrected chi connectivity index (χ3v) is 1.01. The first-order valence-electron chi connectivity index (χ1n) is 2.21. The minimum atomic E-state index is -4.87. The van der Waals surface area contributed by atoms with Crippen LogP contribution in [0.1, 0.15) is 6.92 Å². The molecule has 0 saturated heterocycles. The van der Waals surface area contributed by atoms with Gasteiger partial charge in [0.25, 0.3) is 6.36 Å². The SMILES string of the molecule is CC(=O)C(F)OP(=O)(O)O. The summed E-state index contributed by atoms with van der Waals surface area (Å²) in [6.45, 7) is 0.820. The maximum atomic E-state index is 12.0. The van der Waals surface area contributed by atoms with Crippen molar-refractivity contribution in [1.82, 2.24) is 0 Å². The summed E-state index contributed by atoms with van der Waals surface area (Å²) < 4.78 is 25.1. The van der Waals surface area contributed by atoms with Crippen LogP contribution in [0.2, 0.25) is 0 Å². The van der Waals surface area contributed by atoms with Gasteiger partial charge in [-0.25, -0.2) is 13.5 Å². The van der Waals surface area contributed by atoms with Gasteiger partial charge in [0, 0.05) is 6.92 Å². The zero-order chi connectivity index (χ0) is 8.36. The Hall–Kier alpha value is -0.290. The van der Waals surface area contributed by atoms with Crippen molar-refractivity contribution >= 4 is 13.6 Å². The summed E-state index contributed by atoms with van der Waals surface area (Å²) in [6.07, 6.45) is -2.54. The lowest BCUT2D eigenvalue weighted by atomic mass is 10.5. The Morgan fingerprint density at radius 1 is 1.70 bits per heavy atom. The lowest BCUT2D eigenvalue weighted by molar-refractivity contribution is -0.132. The van der Waals surface area contributed by atoms with E-state index in [1.807, 2.05) is 0 Å². The fraction of sp³-hybridized carbons (Fsp3) is 0.667. The Bertz CT molecular complexity index is 174. The molecule has 0 aliphatic carbocycles. The number of rotatable bonds is 3. The molecule has 0 aliphatic heterocycles. The van der Waals surface area contributed by atoms with E-state index < -0.39 is 20.0 Å². The molecule has 0 amide bonds. The molecule has 0 saturated carbocycles. The van der Waals surface area contributed by atoms with E-state index in [4.69, 9.17) is 9.79 Å². The third kappa shape index (κ3) is 4.58. The van der Waals surface area contributed by atoms with Gasteiger partial charge in [-0.3, -0.25) is 4.79 Å². The predicted octanol–water partition coefficient (Wildman–Crippen LogP) is -0.0197. The summed E-state index contributed by atoms with van der Waals surface area (Å²) in [4.78, 5) is 25.8. The second-order valence-corrected chi connectivity index (χ2v) is 2.71. The van der Waals surface area contributed by atoms with Gasteiger partial charge in [0.15, 0.2) is 5.78 Å². The lowest BCUT2D eigenvalue weighted by Gasteiger charge is -2.05. The molecule has 2 N–H and O–H groups in total. The zero-order valence-corrected chi connectivity index (χ0v) is 5.92. The molecule has 0 fully saturated rings. The highest BCUT2D eigenvalue weighted by Crippen LogP contribution is 2.37. The smallest absolute Gasteiger partial charge is 0.303 e. The molecule has 0 rings (SSSR count). The van der Waals surface area contributed by atoms with Gasteiger partial charge in [-0.15, -0.1) is 0 Å². The Morgan fingerprint density at radius 2 is 2.10 bits per heavy atom. The van der Waals surface area contributed by atoms with Gasteiger partial charge in [0.05, 0.1) is 0 Å². The fourth-order valence-electron chi connectivity index (χ4n) is 0.195. The molecule has 0 aromatic rings. The van der Waals surface area contributed by atoms with Crippen LogP contribution < -0.4 is 0 Å². The van der Waals surface area contributed by atoms with E-state index in [1.165, 1.54) is 0 Å². The maximum absolute atomic E-state index is 12.0. The lowest BCUT2D eigenvalue weighted by Crippen LogP contribution is -2.13. The van der Waals surface area contributed by atoms with Gasteiger partial charge in [0.2, 0.25) is 0 Å². The van der Waals surface area contributed by atoms with Crippen molar-refractivity contribution in [3.63, 3.8) is 0 Å². The number of carbonyl (C=O) groups is 1. The normalized spacial score (nSPS) is 14.8. The number of ketones is 1. The molecular weight excluding hydrogens is 166 g/mol. The quantitative estimate of drug-likeness (QED) is 0.584. The molecule has 0 aliphatic rings. The zero-order valence-electron chi connectivity index (χ0n) is 5.02. The van der Waals surface area contributed by atoms with Gasteiger partial charge >= 0.3 is 7.82 Å². The maximum Gasteiger partial charge on any atom is 0.472 e. The molecule has 0 aromatic heterocycles. The summed E-state index contributed by atoms with van der Waals surface area (Å²) in [5, 5.41) is 0. The van der Waals surface area contributed by atoms with E-state index in [0.717, 1.165) is 6.92 Å². The second kappa shape index (κ2) is 3.21. The number of hydrogen-bond donors (Lipinski definition) is 2. The van der Waals surface area contributed by atoms with Crippen molar-refractivity contribution < 1.29 is 28.1 Å². The first kappa shape index (κ1) is 9.71. The topological polar surface area (TPSA) is 83.8 Å². The van der Waals surface area contributed by atoms with E-state index >= 15 is 0 Å². The molecule has 7 heteroatoms. The van der Waals surface area contributed by atoms with E-state index in [-0.39, 0.29) is 0 Å². The Morgan fingerprint density at radius 3 is 2.20 bits per heavy atom. The Balaban J connectivity index is 3.93. The molecule has 0 heterocycles. The van der Waals surface area contributed by atoms with Crippen LogP contribution in [0.3, 0.4) is 0 Å². The number of phosphoric acid groups is 1. The number of hydrogen-bond acceptors (Lipinski definition) is 3. The van der Waals surface area contributed by atoms with E-state index in [9.17, 15) is 13.8 Å². The minimum absolute atomic E-state index is 0.820. The summed E-state index contributed by atoms with van der Waals surface area (Å²) in [7, 11) is -4.87. The fourth-order valence-corrected chi connectivity index (χ4v) is 0.584. The molecule has 60 valence electrons. The molecule has 5 nitrogen and oxygen atoms in total. The predicted molar refractivity (Wildman–Crippen MR) is 28.7 cm³/mol.